The molecule has 4 aromatic heterocycles. The fourth-order valence-electron chi connectivity index (χ4n) is 10.8. The number of fused-ring (bicyclic) bond motifs is 5. The number of amides is 1. The van der Waals surface area contributed by atoms with Gasteiger partial charge < -0.3 is 49.1 Å². The third-order valence-electron chi connectivity index (χ3n) is 14.3. The highest BCUT2D eigenvalue weighted by Gasteiger charge is 2.54. The van der Waals surface area contributed by atoms with Crippen molar-refractivity contribution in [2.75, 3.05) is 70.7 Å². The molecule has 8 heterocycles. The van der Waals surface area contributed by atoms with E-state index in [1.807, 2.05) is 24.9 Å². The Labute approximate surface area is 415 Å². The summed E-state index contributed by atoms with van der Waals surface area (Å²) in [5, 5.41) is 11.1. The summed E-state index contributed by atoms with van der Waals surface area (Å²) in [7, 11) is 3.40. The molecule has 10 rings (SSSR count). The van der Waals surface area contributed by atoms with E-state index in [-0.39, 0.29) is 105 Å². The van der Waals surface area contributed by atoms with Gasteiger partial charge in [0, 0.05) is 77.8 Å². The molecule has 21 heteroatoms. The van der Waals surface area contributed by atoms with E-state index in [4.69, 9.17) is 41.5 Å². The summed E-state index contributed by atoms with van der Waals surface area (Å²) in [6.45, 7) is 10.0. The summed E-state index contributed by atoms with van der Waals surface area (Å²) in [5.74, 6) is -0.896. The van der Waals surface area contributed by atoms with Crippen LogP contribution in [0, 0.1) is 18.2 Å². The zero-order chi connectivity index (χ0) is 51.1. The van der Waals surface area contributed by atoms with Crippen molar-refractivity contribution in [2.45, 2.75) is 64.6 Å². The topological polar surface area (TPSA) is 191 Å². The van der Waals surface area contributed by atoms with E-state index in [1.54, 1.807) is 27.7 Å². The predicted octanol–water partition coefficient (Wildman–Crippen LogP) is 6.83. The van der Waals surface area contributed by atoms with Gasteiger partial charge in [-0.25, -0.2) is 14.4 Å². The molecule has 4 aliphatic heterocycles. The molecule has 72 heavy (non-hydrogen) atoms. The number of halogens is 5. The number of nitrogens with two attached hydrogens (primary N) is 1. The number of ether oxygens (including phenoxy) is 3. The number of nitrogen functional groups attached to an aromatic ring is 1. The number of alkyl halides is 3. The lowest BCUT2D eigenvalue weighted by atomic mass is 9.72. The first-order chi connectivity index (χ1) is 34.3. The number of carbonyl (C=O) groups is 2. The number of aryl methyl sites for hydroxylation is 2. The number of aliphatic hydroxyl groups is 1. The van der Waals surface area contributed by atoms with Crippen molar-refractivity contribution < 1.29 is 46.5 Å². The second kappa shape index (κ2) is 18.4. The average Bonchev–Trinajstić information content (AvgIpc) is 3.90. The Kier molecular flexibility index (Phi) is 12.5. The van der Waals surface area contributed by atoms with E-state index >= 15 is 4.39 Å². The van der Waals surface area contributed by atoms with E-state index < -0.39 is 34.9 Å². The van der Waals surface area contributed by atoms with Gasteiger partial charge >= 0.3 is 12.2 Å². The van der Waals surface area contributed by atoms with Crippen molar-refractivity contribution in [2.24, 2.45) is 5.41 Å². The molecule has 0 bridgehead atoms. The molecule has 2 atom stereocenters. The molecule has 1 amide bonds. The number of anilines is 2. The molecule has 0 saturated carbocycles. The van der Waals surface area contributed by atoms with Crippen LogP contribution < -0.4 is 25.7 Å². The molecule has 1 spiro atoms. The molecule has 6 aromatic rings. The van der Waals surface area contributed by atoms with Gasteiger partial charge in [-0.05, 0) is 87.3 Å². The molecule has 2 aromatic carbocycles. The summed E-state index contributed by atoms with van der Waals surface area (Å²) >= 11 is 6.67. The Morgan fingerprint density at radius 3 is 2.50 bits per heavy atom. The number of pyridine rings is 3. The Balaban J connectivity index is 0.846. The molecule has 4 aliphatic rings. The molecule has 3 saturated heterocycles. The van der Waals surface area contributed by atoms with Crippen molar-refractivity contribution >= 4 is 57.2 Å². The number of rotatable bonds is 14. The lowest BCUT2D eigenvalue weighted by Gasteiger charge is -2.60. The van der Waals surface area contributed by atoms with Gasteiger partial charge in [0.25, 0.3) is 11.5 Å². The van der Waals surface area contributed by atoms with E-state index in [1.165, 1.54) is 20.1 Å². The molecule has 0 radical (unpaired) electrons. The third kappa shape index (κ3) is 8.36. The predicted molar refractivity (Wildman–Crippen MR) is 261 cm³/mol. The maximum Gasteiger partial charge on any atom is 0.418 e. The number of hydrogen-bond donors (Lipinski definition) is 2. The van der Waals surface area contributed by atoms with Crippen molar-refractivity contribution in [1.82, 2.24) is 34.3 Å². The largest absolute Gasteiger partial charge is 0.489 e. The fourth-order valence-corrected chi connectivity index (χ4v) is 11.1. The standard InChI is InChI=1S/C51H50ClF4N9O7/c1-6-29-30-13-28(9-10-36(30)58-43-33(29)16-65-37(43)15-31(38(67)17-66)34(20-70-5)48(65)69)71-18-26(3)47(68)64-23-50(24-64)21-63(22-50)46-32-14-35(52)40(45-41(51(54,55)56)25(2)12-39(57)59-45)42(53)44(32)60-49(61-46)72-19-27-8-7-11-62(27)4/h9-10,12-15,17,27,38,67H,3,6-8,11,16,18-24H2,1-2,4-5H3,(H2,57,59). The number of carbonyl (C=O) groups excluding carboxylic acids is 2. The van der Waals surface area contributed by atoms with Crippen molar-refractivity contribution in [3.63, 3.8) is 0 Å². The van der Waals surface area contributed by atoms with Crippen molar-refractivity contribution in [3.8, 4) is 34.4 Å². The normalized spacial score (nSPS) is 17.5. The first-order valence-electron chi connectivity index (χ1n) is 23.4. The van der Waals surface area contributed by atoms with Crippen molar-refractivity contribution in [3.05, 3.63) is 103 Å². The number of aliphatic hydroxyl groups excluding tert-OH is 1. The van der Waals surface area contributed by atoms with Gasteiger partial charge in [-0.15, -0.1) is 0 Å². The van der Waals surface area contributed by atoms with Crippen LogP contribution >= 0.6 is 11.6 Å². The van der Waals surface area contributed by atoms with Crippen LogP contribution in [0.15, 0.2) is 53.3 Å². The first kappa shape index (κ1) is 48.9. The van der Waals surface area contributed by atoms with Crippen LogP contribution in [-0.2, 0) is 40.1 Å². The van der Waals surface area contributed by atoms with Crippen LogP contribution in [-0.4, -0.2) is 118 Å². The van der Waals surface area contributed by atoms with Gasteiger partial charge in [0.15, 0.2) is 12.1 Å². The van der Waals surface area contributed by atoms with Crippen LogP contribution in [0.5, 0.6) is 11.8 Å². The maximum atomic E-state index is 16.9. The van der Waals surface area contributed by atoms with Gasteiger partial charge in [0.05, 0.1) is 51.9 Å². The van der Waals surface area contributed by atoms with Crippen LogP contribution in [0.3, 0.4) is 0 Å². The third-order valence-corrected chi connectivity index (χ3v) is 14.6. The Morgan fingerprint density at radius 2 is 1.82 bits per heavy atom. The Bertz CT molecular complexity index is 3320. The molecule has 3 fully saturated rings. The van der Waals surface area contributed by atoms with Crippen molar-refractivity contribution in [1.29, 1.82) is 0 Å². The zero-order valence-corrected chi connectivity index (χ0v) is 40.6. The molecule has 0 aliphatic carbocycles. The molecule has 16 nitrogen and oxygen atoms in total. The SMILES string of the molecule is C=C(COc1ccc2nc3c(c(CC)c2c1)Cn1c-3cc(C(O)C=O)c(COC)c1=O)C(=O)N1CC2(C1)CN(c1nc(OCC3CCCN3C)nc3c(F)c(-c4nc(N)cc(C)c4C(F)(F)F)c(Cl)cc13)C2. The van der Waals surface area contributed by atoms with Crippen LogP contribution in [0.2, 0.25) is 5.02 Å². The monoisotopic (exact) mass is 1010 g/mol. The summed E-state index contributed by atoms with van der Waals surface area (Å²) in [4.78, 5) is 62.6. The minimum Gasteiger partial charge on any atom is -0.489 e. The fraction of sp³-hybridized carbons (Fsp3) is 0.392. The summed E-state index contributed by atoms with van der Waals surface area (Å²) in [6.07, 6.45) is -3.59. The molecule has 376 valence electrons. The molecular weight excluding hydrogens is 962 g/mol. The second-order valence-corrected chi connectivity index (χ2v) is 19.6. The second-order valence-electron chi connectivity index (χ2n) is 19.2. The van der Waals surface area contributed by atoms with Gasteiger partial charge in [-0.1, -0.05) is 25.1 Å². The average molecular weight is 1010 g/mol. The zero-order valence-electron chi connectivity index (χ0n) is 39.8. The lowest BCUT2D eigenvalue weighted by molar-refractivity contribution is -0.141. The Morgan fingerprint density at radius 1 is 1.06 bits per heavy atom. The summed E-state index contributed by atoms with van der Waals surface area (Å²) in [5.41, 5.74) is 6.24. The van der Waals surface area contributed by atoms with E-state index in [2.05, 4.69) is 21.4 Å². The molecule has 3 N–H and O–H groups in total. The highest BCUT2D eigenvalue weighted by atomic mass is 35.5. The van der Waals surface area contributed by atoms with E-state index in [0.717, 1.165) is 42.0 Å². The number of likely N-dealkylation sites (N-methyl/N-ethyl adjacent to an activating group) is 1. The van der Waals surface area contributed by atoms with Crippen LogP contribution in [0.4, 0.5) is 29.2 Å². The van der Waals surface area contributed by atoms with Crippen LogP contribution in [0.25, 0.3) is 44.5 Å². The number of aromatic nitrogens is 5. The van der Waals surface area contributed by atoms with Gasteiger partial charge in [-0.3, -0.25) is 9.59 Å². The van der Waals surface area contributed by atoms with Gasteiger partial charge in [0.2, 0.25) is 0 Å². The number of methoxy groups -OCH3 is 1. The maximum absolute atomic E-state index is 16.9. The summed E-state index contributed by atoms with van der Waals surface area (Å²) < 4.78 is 79.3. The highest BCUT2D eigenvalue weighted by Crippen LogP contribution is 2.48. The lowest BCUT2D eigenvalue weighted by Crippen LogP contribution is -2.73. The van der Waals surface area contributed by atoms with Gasteiger partial charge in [-0.2, -0.15) is 23.1 Å². The minimum absolute atomic E-state index is 0.0606. The smallest absolute Gasteiger partial charge is 0.418 e. The number of benzene rings is 2. The number of hydrogen-bond acceptors (Lipinski definition) is 14. The number of aldehydes is 1. The quantitative estimate of drug-likeness (QED) is 0.0655. The molecule has 2 unspecified atom stereocenters. The summed E-state index contributed by atoms with van der Waals surface area (Å²) in [6, 6.07) is 9.32. The van der Waals surface area contributed by atoms with E-state index in [9.17, 15) is 32.7 Å². The first-order valence-corrected chi connectivity index (χ1v) is 23.8. The Hall–Kier alpha value is -6.74. The number of likely N-dealkylation sites (tertiary alicyclic amines) is 2. The molecular formula is C51H50ClF4N9O7. The highest BCUT2D eigenvalue weighted by molar-refractivity contribution is 6.34. The minimum atomic E-state index is -4.91. The number of nitrogens with zero attached hydrogens (tertiary/aromatic N) is 8. The van der Waals surface area contributed by atoms with E-state index in [0.29, 0.717) is 61.5 Å². The van der Waals surface area contributed by atoms with Gasteiger partial charge in [0.1, 0.15) is 42.2 Å². The van der Waals surface area contributed by atoms with Crippen LogP contribution in [0.1, 0.15) is 59.3 Å².